The van der Waals surface area contributed by atoms with Crippen LogP contribution in [-0.2, 0) is 0 Å². The van der Waals surface area contributed by atoms with Crippen LogP contribution in [0, 0.1) is 11.3 Å². The van der Waals surface area contributed by atoms with E-state index >= 15 is 0 Å². The van der Waals surface area contributed by atoms with Crippen LogP contribution in [0.3, 0.4) is 0 Å². The topological polar surface area (TPSA) is 75.1 Å². The number of hydrogen-bond acceptors (Lipinski definition) is 5. The zero-order valence-electron chi connectivity index (χ0n) is 11.6. The minimum absolute atomic E-state index is 0.0376. The highest BCUT2D eigenvalue weighted by molar-refractivity contribution is 7.03. The maximum absolute atomic E-state index is 12.1. The van der Waals surface area contributed by atoms with Crippen molar-refractivity contribution in [3.05, 3.63) is 11.1 Å². The van der Waals surface area contributed by atoms with E-state index in [4.69, 9.17) is 0 Å². The lowest BCUT2D eigenvalue weighted by Gasteiger charge is -2.47. The summed E-state index contributed by atoms with van der Waals surface area (Å²) >= 11 is 1.15. The summed E-state index contributed by atoms with van der Waals surface area (Å²) < 4.78 is 3.70. The van der Waals surface area contributed by atoms with Crippen molar-refractivity contribution >= 4 is 17.4 Å². The second-order valence-electron chi connectivity index (χ2n) is 6.54. The first-order chi connectivity index (χ1) is 8.86. The van der Waals surface area contributed by atoms with Gasteiger partial charge in [0.1, 0.15) is 0 Å². The SMILES string of the molecule is C[C@@H]1CC(C)(C)C[C@](CO)(NC(=O)c2csnn2)C1. The van der Waals surface area contributed by atoms with Gasteiger partial charge >= 0.3 is 0 Å². The van der Waals surface area contributed by atoms with Crippen LogP contribution in [0.5, 0.6) is 0 Å². The van der Waals surface area contributed by atoms with E-state index in [2.05, 4.69) is 35.7 Å². The first kappa shape index (κ1) is 14.4. The molecule has 2 rings (SSSR count). The van der Waals surface area contributed by atoms with Crippen molar-refractivity contribution in [1.29, 1.82) is 0 Å². The number of nitrogens with zero attached hydrogens (tertiary/aromatic N) is 2. The van der Waals surface area contributed by atoms with Gasteiger partial charge in [-0.15, -0.1) is 5.10 Å². The molecule has 0 bridgehead atoms. The molecule has 1 aliphatic carbocycles. The number of carbonyl (C=O) groups excluding carboxylic acids is 1. The molecular weight excluding hydrogens is 262 g/mol. The molecule has 0 saturated heterocycles. The van der Waals surface area contributed by atoms with Gasteiger partial charge in [-0.25, -0.2) is 0 Å². The van der Waals surface area contributed by atoms with Crippen LogP contribution in [-0.4, -0.2) is 32.7 Å². The number of nitrogens with one attached hydrogen (secondary N) is 1. The summed E-state index contributed by atoms with van der Waals surface area (Å²) in [5, 5.41) is 18.2. The molecule has 0 spiro atoms. The van der Waals surface area contributed by atoms with Gasteiger partial charge in [0.2, 0.25) is 0 Å². The lowest BCUT2D eigenvalue weighted by molar-refractivity contribution is 0.0332. The highest BCUT2D eigenvalue weighted by Crippen LogP contribution is 2.43. The molecule has 1 aromatic rings. The average molecular weight is 283 g/mol. The van der Waals surface area contributed by atoms with Crippen LogP contribution in [0.4, 0.5) is 0 Å². The summed E-state index contributed by atoms with van der Waals surface area (Å²) in [5.41, 5.74) is -0.0931. The van der Waals surface area contributed by atoms with Gasteiger partial charge in [0, 0.05) is 5.38 Å². The molecule has 2 N–H and O–H groups in total. The van der Waals surface area contributed by atoms with Crippen molar-refractivity contribution in [3.8, 4) is 0 Å². The van der Waals surface area contributed by atoms with Gasteiger partial charge in [0.05, 0.1) is 12.1 Å². The van der Waals surface area contributed by atoms with Crippen LogP contribution in [0.15, 0.2) is 5.38 Å². The Morgan fingerprint density at radius 1 is 1.58 bits per heavy atom. The largest absolute Gasteiger partial charge is 0.394 e. The Hall–Kier alpha value is -1.01. The van der Waals surface area contributed by atoms with Crippen LogP contribution < -0.4 is 5.32 Å². The molecule has 1 heterocycles. The Bertz CT molecular complexity index is 447. The molecule has 1 aliphatic rings. The Labute approximate surface area is 117 Å². The fraction of sp³-hybridized carbons (Fsp3) is 0.769. The average Bonchev–Trinajstić information content (AvgIpc) is 2.79. The van der Waals surface area contributed by atoms with Gasteiger partial charge in [0.15, 0.2) is 5.69 Å². The molecule has 0 radical (unpaired) electrons. The van der Waals surface area contributed by atoms with Crippen molar-refractivity contribution < 1.29 is 9.90 Å². The van der Waals surface area contributed by atoms with E-state index in [9.17, 15) is 9.90 Å². The Kier molecular flexibility index (Phi) is 3.92. The van der Waals surface area contributed by atoms with Gasteiger partial charge in [0.25, 0.3) is 5.91 Å². The fourth-order valence-corrected chi connectivity index (χ4v) is 4.00. The number of aromatic nitrogens is 2. The minimum Gasteiger partial charge on any atom is -0.394 e. The first-order valence-corrected chi connectivity index (χ1v) is 7.40. The highest BCUT2D eigenvalue weighted by Gasteiger charge is 2.43. The Morgan fingerprint density at radius 2 is 2.32 bits per heavy atom. The molecule has 0 unspecified atom stereocenters. The number of aliphatic hydroxyl groups is 1. The molecule has 1 aromatic heterocycles. The van der Waals surface area contributed by atoms with Gasteiger partial charge in [-0.3, -0.25) is 4.79 Å². The molecule has 5 nitrogen and oxygen atoms in total. The van der Waals surface area contributed by atoms with Crippen molar-refractivity contribution in [2.24, 2.45) is 11.3 Å². The summed E-state index contributed by atoms with van der Waals surface area (Å²) in [4.78, 5) is 12.1. The summed E-state index contributed by atoms with van der Waals surface area (Å²) in [6.07, 6.45) is 2.70. The quantitative estimate of drug-likeness (QED) is 0.887. The fourth-order valence-electron chi connectivity index (χ4n) is 3.57. The van der Waals surface area contributed by atoms with Crippen LogP contribution in [0.1, 0.15) is 50.5 Å². The molecule has 0 aromatic carbocycles. The maximum atomic E-state index is 12.1. The predicted octanol–water partition coefficient (Wildman–Crippen LogP) is 1.85. The van der Waals surface area contributed by atoms with Crippen LogP contribution in [0.2, 0.25) is 0 Å². The molecule has 106 valence electrons. The Morgan fingerprint density at radius 3 is 2.84 bits per heavy atom. The van der Waals surface area contributed by atoms with Gasteiger partial charge in [-0.05, 0) is 42.1 Å². The number of aliphatic hydroxyl groups excluding tert-OH is 1. The molecule has 19 heavy (non-hydrogen) atoms. The highest BCUT2D eigenvalue weighted by atomic mass is 32.1. The second kappa shape index (κ2) is 5.17. The normalized spacial score (nSPS) is 30.0. The minimum atomic E-state index is -0.540. The standard InChI is InChI=1S/C13H21N3O2S/c1-9-4-12(2,3)7-13(5-9,8-17)14-11(18)10-6-19-16-15-10/h6,9,17H,4-5,7-8H2,1-3H3,(H,14,18)/t9-,13-/m1/s1. The van der Waals surface area contributed by atoms with Gasteiger partial charge < -0.3 is 10.4 Å². The molecule has 1 amide bonds. The summed E-state index contributed by atoms with van der Waals surface area (Å²) in [5.74, 6) is 0.234. The Balaban J connectivity index is 2.16. The van der Waals surface area contributed by atoms with E-state index in [1.165, 1.54) is 0 Å². The number of carbonyl (C=O) groups is 1. The molecule has 1 saturated carbocycles. The van der Waals surface area contributed by atoms with E-state index in [0.29, 0.717) is 11.6 Å². The second-order valence-corrected chi connectivity index (χ2v) is 7.15. The molecular formula is C13H21N3O2S. The third kappa shape index (κ3) is 3.30. The number of hydrogen-bond donors (Lipinski definition) is 2. The van der Waals surface area contributed by atoms with Crippen LogP contribution in [0.25, 0.3) is 0 Å². The zero-order chi connectivity index (χ0) is 14.1. The van der Waals surface area contributed by atoms with E-state index in [0.717, 1.165) is 30.8 Å². The molecule has 6 heteroatoms. The van der Waals surface area contributed by atoms with E-state index in [-0.39, 0.29) is 17.9 Å². The summed E-state index contributed by atoms with van der Waals surface area (Å²) in [6, 6.07) is 0. The zero-order valence-corrected chi connectivity index (χ0v) is 12.5. The van der Waals surface area contributed by atoms with E-state index < -0.39 is 5.54 Å². The lowest BCUT2D eigenvalue weighted by Crippen LogP contribution is -2.57. The van der Waals surface area contributed by atoms with Crippen molar-refractivity contribution in [2.45, 2.75) is 45.6 Å². The summed E-state index contributed by atoms with van der Waals surface area (Å²) in [7, 11) is 0. The van der Waals surface area contributed by atoms with E-state index in [1.807, 2.05) is 0 Å². The monoisotopic (exact) mass is 283 g/mol. The molecule has 2 atom stereocenters. The first-order valence-electron chi connectivity index (χ1n) is 6.56. The predicted molar refractivity (Wildman–Crippen MR) is 74.0 cm³/mol. The smallest absolute Gasteiger partial charge is 0.273 e. The molecule has 0 aliphatic heterocycles. The van der Waals surface area contributed by atoms with Crippen molar-refractivity contribution in [2.75, 3.05) is 6.61 Å². The van der Waals surface area contributed by atoms with Crippen LogP contribution >= 0.6 is 11.5 Å². The van der Waals surface area contributed by atoms with E-state index in [1.54, 1.807) is 5.38 Å². The van der Waals surface area contributed by atoms with Crippen molar-refractivity contribution in [1.82, 2.24) is 14.9 Å². The molecule has 1 fully saturated rings. The van der Waals surface area contributed by atoms with Crippen molar-refractivity contribution in [3.63, 3.8) is 0 Å². The third-order valence-electron chi connectivity index (χ3n) is 3.73. The van der Waals surface area contributed by atoms with Gasteiger partial charge in [-0.2, -0.15) is 0 Å². The lowest BCUT2D eigenvalue weighted by atomic mass is 9.64. The maximum Gasteiger partial charge on any atom is 0.273 e. The summed E-state index contributed by atoms with van der Waals surface area (Å²) in [6.45, 7) is 6.50. The number of amides is 1. The van der Waals surface area contributed by atoms with Gasteiger partial charge in [-0.1, -0.05) is 25.3 Å². The third-order valence-corrected chi connectivity index (χ3v) is 4.24. The number of rotatable bonds is 3.